The summed E-state index contributed by atoms with van der Waals surface area (Å²) in [6.45, 7) is 10.7. The lowest BCUT2D eigenvalue weighted by Crippen LogP contribution is -2.54. The lowest BCUT2D eigenvalue weighted by Gasteiger charge is -2.35. The van der Waals surface area contributed by atoms with Crippen molar-refractivity contribution in [2.75, 3.05) is 26.2 Å². The van der Waals surface area contributed by atoms with Gasteiger partial charge in [-0.2, -0.15) is 0 Å². The minimum absolute atomic E-state index is 0.0585. The van der Waals surface area contributed by atoms with Gasteiger partial charge in [-0.05, 0) is 20.8 Å². The maximum Gasteiger partial charge on any atom is 0.0226 e. The van der Waals surface area contributed by atoms with Gasteiger partial charge in [-0.3, -0.25) is 4.90 Å². The van der Waals surface area contributed by atoms with E-state index in [9.17, 15) is 0 Å². The van der Waals surface area contributed by atoms with E-state index in [1.807, 2.05) is 0 Å². The van der Waals surface area contributed by atoms with Crippen molar-refractivity contribution < 1.29 is 0 Å². The molecular weight excluding hydrogens is 150 g/mol. The van der Waals surface area contributed by atoms with Gasteiger partial charge >= 0.3 is 0 Å². The molecule has 0 spiro atoms. The standard InChI is InChI=1S/C9H21N3/c1-8-6-12(5-4-11-8)7-9(2,3)10/h8,11H,4-7,10H2,1-3H3. The molecule has 1 aliphatic heterocycles. The van der Waals surface area contributed by atoms with E-state index in [1.54, 1.807) is 0 Å². The van der Waals surface area contributed by atoms with E-state index in [2.05, 4.69) is 31.0 Å². The number of piperazine rings is 1. The lowest BCUT2D eigenvalue weighted by atomic mass is 10.1. The van der Waals surface area contributed by atoms with Crippen molar-refractivity contribution in [2.24, 2.45) is 5.73 Å². The van der Waals surface area contributed by atoms with Crippen LogP contribution in [0.15, 0.2) is 0 Å². The van der Waals surface area contributed by atoms with Gasteiger partial charge in [-0.1, -0.05) is 0 Å². The molecule has 0 radical (unpaired) electrons. The highest BCUT2D eigenvalue weighted by Crippen LogP contribution is 2.04. The first kappa shape index (κ1) is 9.96. The van der Waals surface area contributed by atoms with Crippen molar-refractivity contribution in [1.82, 2.24) is 10.2 Å². The predicted octanol–water partition coefficient (Wildman–Crippen LogP) is 0.0174. The maximum absolute atomic E-state index is 5.95. The fourth-order valence-corrected chi connectivity index (χ4v) is 1.73. The first-order valence-electron chi connectivity index (χ1n) is 4.72. The number of rotatable bonds is 2. The van der Waals surface area contributed by atoms with Gasteiger partial charge < -0.3 is 11.1 Å². The summed E-state index contributed by atoms with van der Waals surface area (Å²) in [5, 5.41) is 3.42. The minimum Gasteiger partial charge on any atom is -0.324 e. The van der Waals surface area contributed by atoms with Crippen LogP contribution < -0.4 is 11.1 Å². The van der Waals surface area contributed by atoms with Crippen LogP contribution in [0.4, 0.5) is 0 Å². The Bertz CT molecular complexity index is 139. The van der Waals surface area contributed by atoms with E-state index in [1.165, 1.54) is 0 Å². The van der Waals surface area contributed by atoms with E-state index in [-0.39, 0.29) is 5.54 Å². The molecule has 0 aliphatic carbocycles. The smallest absolute Gasteiger partial charge is 0.0226 e. The quantitative estimate of drug-likeness (QED) is 0.615. The second-order valence-electron chi connectivity index (χ2n) is 4.58. The normalized spacial score (nSPS) is 27.5. The van der Waals surface area contributed by atoms with Crippen molar-refractivity contribution in [2.45, 2.75) is 32.4 Å². The Kier molecular flexibility index (Phi) is 3.09. The fourth-order valence-electron chi connectivity index (χ4n) is 1.73. The second kappa shape index (κ2) is 3.73. The Hall–Kier alpha value is -0.120. The van der Waals surface area contributed by atoms with Gasteiger partial charge in [-0.15, -0.1) is 0 Å². The van der Waals surface area contributed by atoms with Crippen LogP contribution in [0.25, 0.3) is 0 Å². The van der Waals surface area contributed by atoms with E-state index < -0.39 is 0 Å². The van der Waals surface area contributed by atoms with Gasteiger partial charge in [-0.25, -0.2) is 0 Å². The molecule has 1 saturated heterocycles. The van der Waals surface area contributed by atoms with E-state index in [0.717, 1.165) is 26.2 Å². The van der Waals surface area contributed by atoms with Crippen molar-refractivity contribution >= 4 is 0 Å². The Balaban J connectivity index is 2.32. The van der Waals surface area contributed by atoms with E-state index in [4.69, 9.17) is 5.73 Å². The molecule has 1 atom stereocenters. The molecule has 1 aliphatic rings. The summed E-state index contributed by atoms with van der Waals surface area (Å²) in [6.07, 6.45) is 0. The summed E-state index contributed by atoms with van der Waals surface area (Å²) in [5.74, 6) is 0. The minimum atomic E-state index is -0.0585. The summed E-state index contributed by atoms with van der Waals surface area (Å²) in [7, 11) is 0. The van der Waals surface area contributed by atoms with Gasteiger partial charge in [0.2, 0.25) is 0 Å². The highest BCUT2D eigenvalue weighted by molar-refractivity contribution is 4.82. The first-order chi connectivity index (χ1) is 5.47. The number of hydrogen-bond donors (Lipinski definition) is 2. The molecule has 3 N–H and O–H groups in total. The molecule has 0 saturated carbocycles. The predicted molar refractivity (Wildman–Crippen MR) is 52.2 cm³/mol. The summed E-state index contributed by atoms with van der Waals surface area (Å²) < 4.78 is 0. The third kappa shape index (κ3) is 3.52. The monoisotopic (exact) mass is 171 g/mol. The molecule has 0 aromatic carbocycles. The fraction of sp³-hybridized carbons (Fsp3) is 1.00. The maximum atomic E-state index is 5.95. The van der Waals surface area contributed by atoms with Crippen LogP contribution in [-0.2, 0) is 0 Å². The van der Waals surface area contributed by atoms with Crippen LogP contribution in [0, 0.1) is 0 Å². The summed E-state index contributed by atoms with van der Waals surface area (Å²) >= 11 is 0. The molecule has 1 fully saturated rings. The Labute approximate surface area is 75.3 Å². The van der Waals surface area contributed by atoms with Gasteiger partial charge in [0.25, 0.3) is 0 Å². The molecule has 0 amide bonds. The third-order valence-electron chi connectivity index (χ3n) is 2.08. The van der Waals surface area contributed by atoms with Crippen molar-refractivity contribution in [3.05, 3.63) is 0 Å². The number of nitrogens with two attached hydrogens (primary N) is 1. The van der Waals surface area contributed by atoms with Crippen molar-refractivity contribution in [1.29, 1.82) is 0 Å². The zero-order valence-electron chi connectivity index (χ0n) is 8.43. The molecule has 3 nitrogen and oxygen atoms in total. The van der Waals surface area contributed by atoms with E-state index in [0.29, 0.717) is 6.04 Å². The average Bonchev–Trinajstić information content (AvgIpc) is 1.82. The Morgan fingerprint density at radius 2 is 2.25 bits per heavy atom. The second-order valence-corrected chi connectivity index (χ2v) is 4.58. The molecule has 12 heavy (non-hydrogen) atoms. The van der Waals surface area contributed by atoms with E-state index >= 15 is 0 Å². The lowest BCUT2D eigenvalue weighted by molar-refractivity contribution is 0.176. The van der Waals surface area contributed by atoms with Crippen molar-refractivity contribution in [3.8, 4) is 0 Å². The van der Waals surface area contributed by atoms with Crippen LogP contribution in [0.1, 0.15) is 20.8 Å². The SMILES string of the molecule is CC1CN(CC(C)(C)N)CCN1. The van der Waals surface area contributed by atoms with Crippen LogP contribution in [0.2, 0.25) is 0 Å². The summed E-state index contributed by atoms with van der Waals surface area (Å²) in [4.78, 5) is 2.43. The molecule has 1 unspecified atom stereocenters. The largest absolute Gasteiger partial charge is 0.324 e. The van der Waals surface area contributed by atoms with Crippen LogP contribution in [0.5, 0.6) is 0 Å². The van der Waals surface area contributed by atoms with Crippen LogP contribution >= 0.6 is 0 Å². The molecule has 0 aromatic rings. The molecule has 1 heterocycles. The van der Waals surface area contributed by atoms with Gasteiger partial charge in [0, 0.05) is 37.8 Å². The average molecular weight is 171 g/mol. The summed E-state index contributed by atoms with van der Waals surface area (Å²) in [6, 6.07) is 0.612. The van der Waals surface area contributed by atoms with Gasteiger partial charge in [0.05, 0.1) is 0 Å². The molecule has 1 rings (SSSR count). The molecule has 72 valence electrons. The Morgan fingerprint density at radius 1 is 1.58 bits per heavy atom. The first-order valence-corrected chi connectivity index (χ1v) is 4.72. The zero-order chi connectivity index (χ0) is 9.19. The third-order valence-corrected chi connectivity index (χ3v) is 2.08. The van der Waals surface area contributed by atoms with Gasteiger partial charge in [0.1, 0.15) is 0 Å². The Morgan fingerprint density at radius 3 is 2.75 bits per heavy atom. The highest BCUT2D eigenvalue weighted by Gasteiger charge is 2.20. The number of nitrogens with zero attached hydrogens (tertiary/aromatic N) is 1. The zero-order valence-corrected chi connectivity index (χ0v) is 8.43. The molecule has 0 aromatic heterocycles. The van der Waals surface area contributed by atoms with Crippen LogP contribution in [-0.4, -0.2) is 42.7 Å². The summed E-state index contributed by atoms with van der Waals surface area (Å²) in [5.41, 5.74) is 5.89. The topological polar surface area (TPSA) is 41.3 Å². The number of nitrogens with one attached hydrogen (secondary N) is 1. The van der Waals surface area contributed by atoms with Crippen LogP contribution in [0.3, 0.4) is 0 Å². The van der Waals surface area contributed by atoms with Crippen molar-refractivity contribution in [3.63, 3.8) is 0 Å². The molecular formula is C9H21N3. The van der Waals surface area contributed by atoms with Gasteiger partial charge in [0.15, 0.2) is 0 Å². The number of hydrogen-bond acceptors (Lipinski definition) is 3. The highest BCUT2D eigenvalue weighted by atomic mass is 15.2. The molecule has 3 heteroatoms. The molecule has 0 bridgehead atoms.